The van der Waals surface area contributed by atoms with E-state index in [1.54, 1.807) is 6.20 Å². The molecular formula is C20H22N2O2. The van der Waals surface area contributed by atoms with Gasteiger partial charge in [0.1, 0.15) is 11.9 Å². The van der Waals surface area contributed by atoms with Gasteiger partial charge in [0.2, 0.25) is 5.91 Å². The molecule has 1 amide bonds. The molecule has 0 radical (unpaired) electrons. The summed E-state index contributed by atoms with van der Waals surface area (Å²) in [7, 11) is 0. The number of aryl methyl sites for hydroxylation is 1. The highest BCUT2D eigenvalue weighted by molar-refractivity contribution is 5.79. The first-order chi connectivity index (χ1) is 11.7. The molecule has 1 atom stereocenters. The Labute approximate surface area is 142 Å². The number of carbonyl (C=O) groups excluding carboxylic acids is 1. The number of ether oxygens (including phenoxy) is 1. The summed E-state index contributed by atoms with van der Waals surface area (Å²) >= 11 is 0. The minimum atomic E-state index is 0.00767. The van der Waals surface area contributed by atoms with Gasteiger partial charge < -0.3 is 10.1 Å². The number of nitrogens with one attached hydrogen (secondary N) is 1. The second-order valence-electron chi connectivity index (χ2n) is 6.83. The molecular weight excluding hydrogens is 300 g/mol. The highest BCUT2D eigenvalue weighted by atomic mass is 16.5. The fourth-order valence-corrected chi connectivity index (χ4v) is 3.45. The minimum absolute atomic E-state index is 0.00767. The van der Waals surface area contributed by atoms with Crippen LogP contribution < -0.4 is 10.1 Å². The molecule has 1 aromatic heterocycles. The largest absolute Gasteiger partial charge is 0.487 e. The number of amides is 1. The van der Waals surface area contributed by atoms with Crippen LogP contribution in [0.15, 0.2) is 36.5 Å². The molecule has 4 nitrogen and oxygen atoms in total. The molecule has 0 saturated heterocycles. The number of pyridine rings is 1. The molecule has 0 spiro atoms. The molecule has 24 heavy (non-hydrogen) atoms. The van der Waals surface area contributed by atoms with Crippen molar-refractivity contribution in [2.75, 3.05) is 6.54 Å². The molecule has 1 aromatic carbocycles. The number of hydrogen-bond donors (Lipinski definition) is 1. The zero-order valence-electron chi connectivity index (χ0n) is 13.9. The molecule has 1 aliphatic carbocycles. The molecule has 0 unspecified atom stereocenters. The van der Waals surface area contributed by atoms with Crippen molar-refractivity contribution in [3.63, 3.8) is 0 Å². The second-order valence-corrected chi connectivity index (χ2v) is 6.83. The summed E-state index contributed by atoms with van der Waals surface area (Å²) in [6.45, 7) is 2.67. The van der Waals surface area contributed by atoms with E-state index < -0.39 is 0 Å². The van der Waals surface area contributed by atoms with Crippen LogP contribution in [0, 0.1) is 12.8 Å². The number of hydrogen-bond acceptors (Lipinski definition) is 3. The molecule has 4 heteroatoms. The maximum Gasteiger partial charge on any atom is 0.223 e. The normalized spacial score (nSPS) is 19.3. The van der Waals surface area contributed by atoms with E-state index >= 15 is 0 Å². The summed E-state index contributed by atoms with van der Waals surface area (Å²) in [5.74, 6) is 1.32. The zero-order chi connectivity index (χ0) is 16.5. The van der Waals surface area contributed by atoms with E-state index in [-0.39, 0.29) is 17.9 Å². The summed E-state index contributed by atoms with van der Waals surface area (Å²) in [5.41, 5.74) is 4.38. The first-order valence-corrected chi connectivity index (χ1v) is 8.70. The molecule has 2 heterocycles. The van der Waals surface area contributed by atoms with Crippen molar-refractivity contribution in [3.8, 4) is 17.0 Å². The van der Waals surface area contributed by atoms with Crippen LogP contribution in [0.3, 0.4) is 0 Å². The van der Waals surface area contributed by atoms with Gasteiger partial charge in [-0.15, -0.1) is 0 Å². The predicted molar refractivity (Wildman–Crippen MR) is 92.9 cm³/mol. The number of nitrogens with zero attached hydrogens (tertiary/aromatic N) is 1. The van der Waals surface area contributed by atoms with Crippen molar-refractivity contribution in [1.29, 1.82) is 0 Å². The highest BCUT2D eigenvalue weighted by Crippen LogP contribution is 2.39. The number of benzene rings is 1. The van der Waals surface area contributed by atoms with Crippen LogP contribution in [0.1, 0.15) is 30.4 Å². The van der Waals surface area contributed by atoms with Crippen LogP contribution >= 0.6 is 0 Å². The number of fused-ring (bicyclic) bond motifs is 1. The molecule has 1 fully saturated rings. The average molecular weight is 322 g/mol. The van der Waals surface area contributed by atoms with Crippen LogP contribution in [-0.4, -0.2) is 23.5 Å². The van der Waals surface area contributed by atoms with Crippen LogP contribution in [0.5, 0.6) is 5.75 Å². The third-order valence-corrected chi connectivity index (χ3v) is 4.96. The fraction of sp³-hybridized carbons (Fsp3) is 0.400. The average Bonchev–Trinajstić information content (AvgIpc) is 2.94. The van der Waals surface area contributed by atoms with E-state index in [1.807, 2.05) is 18.2 Å². The van der Waals surface area contributed by atoms with Gasteiger partial charge in [-0.3, -0.25) is 9.78 Å². The van der Waals surface area contributed by atoms with E-state index in [4.69, 9.17) is 4.74 Å². The Hall–Kier alpha value is -2.36. The van der Waals surface area contributed by atoms with Crippen molar-refractivity contribution in [1.82, 2.24) is 10.3 Å². The van der Waals surface area contributed by atoms with Gasteiger partial charge >= 0.3 is 0 Å². The van der Waals surface area contributed by atoms with Gasteiger partial charge in [0.25, 0.3) is 0 Å². The number of rotatable bonds is 4. The standard InChI is InChI=1S/C20H22N2O2/c1-13-9-15-11-16(12-22-20(23)14-5-4-6-14)24-19(15)17(10-13)18-7-2-3-8-21-18/h2-3,7-10,14,16H,4-6,11-12H2,1H3,(H,22,23)/t16-/m0/s1. The zero-order valence-corrected chi connectivity index (χ0v) is 13.9. The van der Waals surface area contributed by atoms with E-state index in [0.29, 0.717) is 6.54 Å². The van der Waals surface area contributed by atoms with Gasteiger partial charge in [-0.25, -0.2) is 0 Å². The summed E-state index contributed by atoms with van der Waals surface area (Å²) in [4.78, 5) is 16.5. The van der Waals surface area contributed by atoms with Crippen LogP contribution in [-0.2, 0) is 11.2 Å². The Morgan fingerprint density at radius 3 is 2.92 bits per heavy atom. The number of aromatic nitrogens is 1. The number of carbonyl (C=O) groups is 1. The van der Waals surface area contributed by atoms with E-state index in [2.05, 4.69) is 29.4 Å². The lowest BCUT2D eigenvalue weighted by atomic mass is 9.85. The Morgan fingerprint density at radius 2 is 2.21 bits per heavy atom. The Kier molecular flexibility index (Phi) is 3.97. The molecule has 4 rings (SSSR count). The molecule has 1 saturated carbocycles. The molecule has 2 aromatic rings. The molecule has 2 aliphatic rings. The van der Waals surface area contributed by atoms with Crippen LogP contribution in [0.2, 0.25) is 0 Å². The van der Waals surface area contributed by atoms with Crippen molar-refractivity contribution in [2.24, 2.45) is 5.92 Å². The van der Waals surface area contributed by atoms with E-state index in [1.165, 1.54) is 17.5 Å². The van der Waals surface area contributed by atoms with Gasteiger partial charge in [0.15, 0.2) is 0 Å². The SMILES string of the molecule is Cc1cc2c(c(-c3ccccn3)c1)O[C@H](CNC(=O)C1CCC1)C2. The third-order valence-electron chi connectivity index (χ3n) is 4.96. The summed E-state index contributed by atoms with van der Waals surface area (Å²) in [6.07, 6.45) is 5.88. The highest BCUT2D eigenvalue weighted by Gasteiger charge is 2.29. The summed E-state index contributed by atoms with van der Waals surface area (Å²) in [5, 5.41) is 3.06. The Morgan fingerprint density at radius 1 is 1.33 bits per heavy atom. The van der Waals surface area contributed by atoms with Gasteiger partial charge in [-0.05, 0) is 49.1 Å². The minimum Gasteiger partial charge on any atom is -0.487 e. The lowest BCUT2D eigenvalue weighted by Gasteiger charge is -2.24. The topological polar surface area (TPSA) is 51.2 Å². The summed E-state index contributed by atoms with van der Waals surface area (Å²) in [6, 6.07) is 10.2. The van der Waals surface area contributed by atoms with Gasteiger partial charge in [-0.1, -0.05) is 18.6 Å². The second kappa shape index (κ2) is 6.27. The molecule has 1 N–H and O–H groups in total. The first kappa shape index (κ1) is 15.2. The first-order valence-electron chi connectivity index (χ1n) is 8.70. The van der Waals surface area contributed by atoms with Crippen LogP contribution in [0.25, 0.3) is 11.3 Å². The van der Waals surface area contributed by atoms with Crippen molar-refractivity contribution < 1.29 is 9.53 Å². The van der Waals surface area contributed by atoms with Crippen LogP contribution in [0.4, 0.5) is 0 Å². The fourth-order valence-electron chi connectivity index (χ4n) is 3.45. The van der Waals surface area contributed by atoms with E-state index in [0.717, 1.165) is 36.3 Å². The molecule has 0 bridgehead atoms. The monoisotopic (exact) mass is 322 g/mol. The van der Waals surface area contributed by atoms with Crippen molar-refractivity contribution >= 4 is 5.91 Å². The third kappa shape index (κ3) is 2.88. The van der Waals surface area contributed by atoms with Crippen molar-refractivity contribution in [3.05, 3.63) is 47.7 Å². The lowest BCUT2D eigenvalue weighted by molar-refractivity contribution is -0.127. The van der Waals surface area contributed by atoms with Gasteiger partial charge in [-0.2, -0.15) is 0 Å². The molecule has 1 aliphatic heterocycles. The predicted octanol–water partition coefficient (Wildman–Crippen LogP) is 3.28. The van der Waals surface area contributed by atoms with E-state index in [9.17, 15) is 4.79 Å². The van der Waals surface area contributed by atoms with Crippen molar-refractivity contribution in [2.45, 2.75) is 38.7 Å². The maximum atomic E-state index is 12.0. The summed E-state index contributed by atoms with van der Waals surface area (Å²) < 4.78 is 6.17. The lowest BCUT2D eigenvalue weighted by Crippen LogP contribution is -2.40. The maximum absolute atomic E-state index is 12.0. The smallest absolute Gasteiger partial charge is 0.223 e. The molecule has 124 valence electrons. The quantitative estimate of drug-likeness (QED) is 0.940. The Balaban J connectivity index is 1.50. The Bertz CT molecular complexity index is 754. The van der Waals surface area contributed by atoms with Gasteiger partial charge in [0.05, 0.1) is 12.2 Å². The van der Waals surface area contributed by atoms with Gasteiger partial charge in [0, 0.05) is 24.1 Å².